The van der Waals surface area contributed by atoms with Crippen LogP contribution in [0, 0.1) is 13.8 Å². The molecular weight excluding hydrogens is 440 g/mol. The number of carbonyl (C=O) groups excluding carboxylic acids is 1. The van der Waals surface area contributed by atoms with E-state index in [-0.39, 0.29) is 17.1 Å². The SMILES string of the molecule is CCCCOc1ccc(C2c3c(oc4cc(C)cc(C)c4c3=O)C(=O)N2Cc2cccnc2)cc1. The Bertz CT molecular complexity index is 1440. The van der Waals surface area contributed by atoms with Crippen LogP contribution in [0.25, 0.3) is 11.0 Å². The molecule has 4 aromatic rings. The number of rotatable bonds is 7. The number of hydrogen-bond donors (Lipinski definition) is 0. The van der Waals surface area contributed by atoms with E-state index in [1.165, 1.54) is 0 Å². The van der Waals surface area contributed by atoms with E-state index in [9.17, 15) is 9.59 Å². The van der Waals surface area contributed by atoms with Crippen LogP contribution in [0.4, 0.5) is 0 Å². The van der Waals surface area contributed by atoms with E-state index in [0.29, 0.717) is 29.7 Å². The minimum atomic E-state index is -0.566. The number of aromatic nitrogens is 1. The van der Waals surface area contributed by atoms with Crippen molar-refractivity contribution in [1.82, 2.24) is 9.88 Å². The predicted octanol–water partition coefficient (Wildman–Crippen LogP) is 5.73. The zero-order valence-corrected chi connectivity index (χ0v) is 20.2. The normalized spacial score (nSPS) is 15.0. The monoisotopic (exact) mass is 468 g/mol. The van der Waals surface area contributed by atoms with Gasteiger partial charge in [-0.2, -0.15) is 0 Å². The van der Waals surface area contributed by atoms with Gasteiger partial charge in [0, 0.05) is 18.9 Å². The lowest BCUT2D eigenvalue weighted by molar-refractivity contribution is 0.0714. The molecule has 0 spiro atoms. The quantitative estimate of drug-likeness (QED) is 0.324. The molecule has 6 nitrogen and oxygen atoms in total. The van der Waals surface area contributed by atoms with E-state index < -0.39 is 6.04 Å². The van der Waals surface area contributed by atoms with Gasteiger partial charge in [-0.3, -0.25) is 14.6 Å². The van der Waals surface area contributed by atoms with Crippen molar-refractivity contribution in [3.63, 3.8) is 0 Å². The fourth-order valence-electron chi connectivity index (χ4n) is 4.79. The van der Waals surface area contributed by atoms with Crippen LogP contribution in [-0.4, -0.2) is 22.4 Å². The fraction of sp³-hybridized carbons (Fsp3) is 0.276. The highest BCUT2D eigenvalue weighted by Crippen LogP contribution is 2.40. The Balaban J connectivity index is 1.64. The van der Waals surface area contributed by atoms with Gasteiger partial charge < -0.3 is 14.1 Å². The zero-order chi connectivity index (χ0) is 24.5. The molecule has 0 aliphatic carbocycles. The molecule has 1 aliphatic heterocycles. The Kier molecular flexibility index (Phi) is 6.12. The van der Waals surface area contributed by atoms with Crippen molar-refractivity contribution < 1.29 is 13.9 Å². The average molecular weight is 469 g/mol. The van der Waals surface area contributed by atoms with E-state index in [0.717, 1.165) is 40.8 Å². The second kappa shape index (κ2) is 9.37. The molecule has 0 N–H and O–H groups in total. The number of nitrogens with zero attached hydrogens (tertiary/aromatic N) is 2. The van der Waals surface area contributed by atoms with Gasteiger partial charge in [-0.25, -0.2) is 0 Å². The number of fused-ring (bicyclic) bond motifs is 2. The van der Waals surface area contributed by atoms with E-state index in [1.807, 2.05) is 62.4 Å². The summed E-state index contributed by atoms with van der Waals surface area (Å²) in [5, 5.41) is 0.523. The average Bonchev–Trinajstić information content (AvgIpc) is 3.12. The topological polar surface area (TPSA) is 72.6 Å². The summed E-state index contributed by atoms with van der Waals surface area (Å²) in [5.41, 5.74) is 4.20. The van der Waals surface area contributed by atoms with Crippen molar-refractivity contribution in [2.24, 2.45) is 0 Å². The molecule has 0 saturated heterocycles. The summed E-state index contributed by atoms with van der Waals surface area (Å²) in [6, 6.07) is 14.6. The number of benzene rings is 2. The van der Waals surface area contributed by atoms with Crippen LogP contribution in [0.15, 0.2) is 70.1 Å². The number of ether oxygens (including phenoxy) is 1. The molecule has 1 unspecified atom stereocenters. The fourth-order valence-corrected chi connectivity index (χ4v) is 4.79. The molecule has 3 heterocycles. The Morgan fingerprint density at radius 2 is 1.89 bits per heavy atom. The Hall–Kier alpha value is -3.93. The maximum absolute atomic E-state index is 13.8. The van der Waals surface area contributed by atoms with Crippen LogP contribution < -0.4 is 10.2 Å². The summed E-state index contributed by atoms with van der Waals surface area (Å²) < 4.78 is 12.0. The van der Waals surface area contributed by atoms with Crippen molar-refractivity contribution in [2.45, 2.75) is 46.2 Å². The van der Waals surface area contributed by atoms with Crippen LogP contribution in [0.2, 0.25) is 0 Å². The molecular formula is C29H28N2O4. The molecule has 0 radical (unpaired) electrons. The first-order chi connectivity index (χ1) is 17.0. The molecule has 2 aromatic heterocycles. The smallest absolute Gasteiger partial charge is 0.291 e. The van der Waals surface area contributed by atoms with Gasteiger partial charge in [0.2, 0.25) is 5.76 Å². The Labute approximate surface area is 204 Å². The van der Waals surface area contributed by atoms with Gasteiger partial charge >= 0.3 is 0 Å². The first-order valence-corrected chi connectivity index (χ1v) is 12.0. The zero-order valence-electron chi connectivity index (χ0n) is 20.2. The second-order valence-electron chi connectivity index (χ2n) is 9.10. The van der Waals surface area contributed by atoms with Crippen molar-refractivity contribution in [2.75, 3.05) is 6.61 Å². The number of aryl methyl sites for hydroxylation is 2. The highest BCUT2D eigenvalue weighted by molar-refractivity contribution is 5.99. The molecule has 178 valence electrons. The maximum atomic E-state index is 13.8. The van der Waals surface area contributed by atoms with Gasteiger partial charge in [0.25, 0.3) is 5.91 Å². The Morgan fingerprint density at radius 1 is 1.09 bits per heavy atom. The molecule has 0 saturated carbocycles. The summed E-state index contributed by atoms with van der Waals surface area (Å²) in [4.78, 5) is 33.4. The third kappa shape index (κ3) is 4.20. The lowest BCUT2D eigenvalue weighted by Gasteiger charge is -2.25. The van der Waals surface area contributed by atoms with E-state index in [4.69, 9.17) is 9.15 Å². The first kappa shape index (κ1) is 22.8. The second-order valence-corrected chi connectivity index (χ2v) is 9.10. The van der Waals surface area contributed by atoms with E-state index in [1.54, 1.807) is 17.3 Å². The molecule has 1 amide bonds. The summed E-state index contributed by atoms with van der Waals surface area (Å²) >= 11 is 0. The molecule has 1 atom stereocenters. The lowest BCUT2D eigenvalue weighted by atomic mass is 9.96. The molecule has 6 heteroatoms. The van der Waals surface area contributed by atoms with Crippen molar-refractivity contribution in [3.05, 3.63) is 105 Å². The van der Waals surface area contributed by atoms with Gasteiger partial charge in [-0.05, 0) is 66.8 Å². The molecule has 5 rings (SSSR count). The summed E-state index contributed by atoms with van der Waals surface area (Å²) in [5.74, 6) is 0.586. The van der Waals surface area contributed by atoms with Gasteiger partial charge in [0.1, 0.15) is 11.3 Å². The van der Waals surface area contributed by atoms with Gasteiger partial charge in [-0.15, -0.1) is 0 Å². The van der Waals surface area contributed by atoms with Crippen LogP contribution in [0.5, 0.6) is 5.75 Å². The van der Waals surface area contributed by atoms with E-state index >= 15 is 0 Å². The van der Waals surface area contributed by atoms with Crippen LogP contribution in [-0.2, 0) is 6.54 Å². The number of carbonyl (C=O) groups is 1. The minimum Gasteiger partial charge on any atom is -0.494 e. The molecule has 2 aromatic carbocycles. The standard InChI is InChI=1S/C29H28N2O4/c1-4-5-13-34-22-10-8-21(9-11-22)26-25-27(32)24-19(3)14-18(2)15-23(24)35-28(25)29(33)31(26)17-20-7-6-12-30-16-20/h6-12,14-16,26H,4-5,13,17H2,1-3H3. The summed E-state index contributed by atoms with van der Waals surface area (Å²) in [6.07, 6.45) is 5.47. The number of pyridine rings is 1. The van der Waals surface area contributed by atoms with Crippen LogP contribution in [0.3, 0.4) is 0 Å². The van der Waals surface area contributed by atoms with Crippen LogP contribution in [0.1, 0.15) is 64.2 Å². The van der Waals surface area contributed by atoms with Crippen molar-refractivity contribution in [1.29, 1.82) is 0 Å². The molecule has 0 fully saturated rings. The van der Waals surface area contributed by atoms with Gasteiger partial charge in [0.15, 0.2) is 5.43 Å². The minimum absolute atomic E-state index is 0.115. The van der Waals surface area contributed by atoms with Crippen LogP contribution >= 0.6 is 0 Å². The Morgan fingerprint density at radius 3 is 2.60 bits per heavy atom. The van der Waals surface area contributed by atoms with E-state index in [2.05, 4.69) is 11.9 Å². The summed E-state index contributed by atoms with van der Waals surface area (Å²) in [7, 11) is 0. The third-order valence-corrected chi connectivity index (χ3v) is 6.45. The highest BCUT2D eigenvalue weighted by atomic mass is 16.5. The number of amides is 1. The summed E-state index contributed by atoms with van der Waals surface area (Å²) in [6.45, 7) is 6.94. The molecule has 0 bridgehead atoms. The molecule has 35 heavy (non-hydrogen) atoms. The lowest BCUT2D eigenvalue weighted by Crippen LogP contribution is -2.29. The van der Waals surface area contributed by atoms with Gasteiger partial charge in [0.05, 0.1) is 23.6 Å². The largest absolute Gasteiger partial charge is 0.494 e. The van der Waals surface area contributed by atoms with Crippen molar-refractivity contribution >= 4 is 16.9 Å². The maximum Gasteiger partial charge on any atom is 0.291 e. The van der Waals surface area contributed by atoms with Crippen molar-refractivity contribution in [3.8, 4) is 5.75 Å². The first-order valence-electron chi connectivity index (χ1n) is 12.0. The number of unbranched alkanes of at least 4 members (excludes halogenated alkanes) is 1. The highest BCUT2D eigenvalue weighted by Gasteiger charge is 2.42. The van der Waals surface area contributed by atoms with Gasteiger partial charge in [-0.1, -0.05) is 37.6 Å². The predicted molar refractivity (Wildman–Crippen MR) is 135 cm³/mol. The third-order valence-electron chi connectivity index (χ3n) is 6.45. The molecule has 1 aliphatic rings. The number of hydrogen-bond acceptors (Lipinski definition) is 5.